The van der Waals surface area contributed by atoms with Crippen LogP contribution >= 0.6 is 0 Å². The lowest BCUT2D eigenvalue weighted by atomic mass is 10.1. The summed E-state index contributed by atoms with van der Waals surface area (Å²) >= 11 is 0. The van der Waals surface area contributed by atoms with Gasteiger partial charge >= 0.3 is 6.18 Å². The Labute approximate surface area is 110 Å². The summed E-state index contributed by atoms with van der Waals surface area (Å²) in [4.78, 5) is 12.7. The Morgan fingerprint density at radius 3 is 2.26 bits per heavy atom. The summed E-state index contributed by atoms with van der Waals surface area (Å²) in [6, 6.07) is 6.35. The smallest absolute Gasteiger partial charge is 0.380 e. The topological polar surface area (TPSA) is 29.5 Å². The van der Waals surface area contributed by atoms with Crippen LogP contribution in [0.1, 0.15) is 22.8 Å². The van der Waals surface area contributed by atoms with Crippen LogP contribution in [0.5, 0.6) is 0 Å². The molecule has 0 N–H and O–H groups in total. The minimum atomic E-state index is -4.39. The van der Waals surface area contributed by atoms with E-state index >= 15 is 0 Å². The fourth-order valence-electron chi connectivity index (χ4n) is 1.64. The number of ether oxygens (including phenoxy) is 1. The maximum absolute atomic E-state index is 12.3. The highest BCUT2D eigenvalue weighted by atomic mass is 19.4. The van der Waals surface area contributed by atoms with Gasteiger partial charge in [0, 0.05) is 19.2 Å². The first kappa shape index (κ1) is 15.5. The van der Waals surface area contributed by atoms with E-state index in [4.69, 9.17) is 4.74 Å². The Morgan fingerprint density at radius 2 is 1.84 bits per heavy atom. The van der Waals surface area contributed by atoms with E-state index in [1.807, 2.05) is 0 Å². The molecule has 0 fully saturated rings. The van der Waals surface area contributed by atoms with E-state index in [9.17, 15) is 18.0 Å². The first-order valence-electron chi connectivity index (χ1n) is 5.81. The van der Waals surface area contributed by atoms with Crippen LogP contribution in [0.2, 0.25) is 0 Å². The monoisotopic (exact) mass is 275 g/mol. The number of carbonyl (C=O) groups excluding carboxylic acids is 1. The molecule has 1 aromatic rings. The average molecular weight is 275 g/mol. The van der Waals surface area contributed by atoms with Gasteiger partial charge in [-0.15, -0.1) is 0 Å². The first-order chi connectivity index (χ1) is 8.87. The lowest BCUT2D eigenvalue weighted by Gasteiger charge is -2.22. The average Bonchev–Trinajstić information content (AvgIpc) is 2.35. The molecule has 0 aliphatic heterocycles. The highest BCUT2D eigenvalue weighted by Gasteiger charge is 2.32. The summed E-state index contributed by atoms with van der Waals surface area (Å²) in [6.45, 7) is 0.692. The molecule has 0 aliphatic rings. The van der Waals surface area contributed by atoms with E-state index < -0.39 is 18.6 Å². The van der Waals surface area contributed by atoms with Crippen LogP contribution in [-0.2, 0) is 11.3 Å². The third kappa shape index (κ3) is 4.90. The Kier molecular flexibility index (Phi) is 5.35. The molecule has 0 bridgehead atoms. The van der Waals surface area contributed by atoms with Gasteiger partial charge in [0.2, 0.25) is 0 Å². The lowest BCUT2D eigenvalue weighted by Crippen LogP contribution is -2.38. The standard InChI is InChI=1S/C13H16F3NO2/c1-3-17(9-13(14,15)16)12(18)11-6-4-10(5-7-11)8-19-2/h4-7H,3,8-9H2,1-2H3. The fourth-order valence-corrected chi connectivity index (χ4v) is 1.64. The maximum Gasteiger partial charge on any atom is 0.406 e. The van der Waals surface area contributed by atoms with Crippen molar-refractivity contribution in [2.45, 2.75) is 19.7 Å². The van der Waals surface area contributed by atoms with Crippen molar-refractivity contribution < 1.29 is 22.7 Å². The van der Waals surface area contributed by atoms with E-state index in [1.54, 1.807) is 19.2 Å². The van der Waals surface area contributed by atoms with Crippen LogP contribution in [0, 0.1) is 0 Å². The van der Waals surface area contributed by atoms with Crippen LogP contribution in [0.4, 0.5) is 13.2 Å². The summed E-state index contributed by atoms with van der Waals surface area (Å²) in [5, 5.41) is 0. The van der Waals surface area contributed by atoms with Crippen molar-refractivity contribution >= 4 is 5.91 Å². The molecule has 6 heteroatoms. The summed E-state index contributed by atoms with van der Waals surface area (Å²) in [5.41, 5.74) is 1.10. The van der Waals surface area contributed by atoms with Crippen LogP contribution in [-0.4, -0.2) is 37.2 Å². The number of halogens is 3. The van der Waals surface area contributed by atoms with Crippen LogP contribution < -0.4 is 0 Å². The van der Waals surface area contributed by atoms with Crippen LogP contribution in [0.25, 0.3) is 0 Å². The van der Waals surface area contributed by atoms with Crippen molar-refractivity contribution in [3.05, 3.63) is 35.4 Å². The third-order valence-corrected chi connectivity index (χ3v) is 2.55. The van der Waals surface area contributed by atoms with Gasteiger partial charge in [0.15, 0.2) is 0 Å². The summed E-state index contributed by atoms with van der Waals surface area (Å²) < 4.78 is 41.9. The summed E-state index contributed by atoms with van der Waals surface area (Å²) in [6.07, 6.45) is -4.39. The molecular weight excluding hydrogens is 259 g/mol. The second kappa shape index (κ2) is 6.56. The lowest BCUT2D eigenvalue weighted by molar-refractivity contribution is -0.140. The Bertz CT molecular complexity index is 415. The number of methoxy groups -OCH3 is 1. The largest absolute Gasteiger partial charge is 0.406 e. The maximum atomic E-state index is 12.3. The summed E-state index contributed by atoms with van der Waals surface area (Å²) in [5.74, 6) is -0.621. The molecule has 1 aromatic carbocycles. The van der Waals surface area contributed by atoms with Gasteiger partial charge in [-0.1, -0.05) is 12.1 Å². The Balaban J connectivity index is 2.79. The molecule has 106 valence electrons. The fraction of sp³-hybridized carbons (Fsp3) is 0.462. The number of benzene rings is 1. The Hall–Kier alpha value is -1.56. The van der Waals surface area contributed by atoms with Gasteiger partial charge in [-0.25, -0.2) is 0 Å². The number of rotatable bonds is 5. The SMILES string of the molecule is CCN(CC(F)(F)F)C(=O)c1ccc(COC)cc1. The molecule has 0 heterocycles. The number of hydrogen-bond acceptors (Lipinski definition) is 2. The van der Waals surface area contributed by atoms with Gasteiger partial charge in [-0.05, 0) is 24.6 Å². The third-order valence-electron chi connectivity index (χ3n) is 2.55. The zero-order valence-electron chi connectivity index (χ0n) is 10.8. The molecule has 1 amide bonds. The highest BCUT2D eigenvalue weighted by molar-refractivity contribution is 5.94. The molecule has 19 heavy (non-hydrogen) atoms. The molecular formula is C13H16F3NO2. The van der Waals surface area contributed by atoms with Gasteiger partial charge in [0.25, 0.3) is 5.91 Å². The molecule has 0 atom stereocenters. The van der Waals surface area contributed by atoms with Gasteiger partial charge in [0.05, 0.1) is 6.61 Å². The molecule has 0 spiro atoms. The van der Waals surface area contributed by atoms with Crippen molar-refractivity contribution in [2.24, 2.45) is 0 Å². The zero-order valence-corrected chi connectivity index (χ0v) is 10.8. The minimum Gasteiger partial charge on any atom is -0.380 e. The number of alkyl halides is 3. The quantitative estimate of drug-likeness (QED) is 0.827. The number of amides is 1. The molecule has 3 nitrogen and oxygen atoms in total. The van der Waals surface area contributed by atoms with Gasteiger partial charge in [0.1, 0.15) is 6.54 Å². The molecule has 0 saturated carbocycles. The number of carbonyl (C=O) groups is 1. The van der Waals surface area contributed by atoms with Crippen molar-refractivity contribution in [1.82, 2.24) is 4.90 Å². The van der Waals surface area contributed by atoms with Crippen molar-refractivity contribution in [3.63, 3.8) is 0 Å². The molecule has 1 rings (SSSR count). The molecule has 0 aliphatic carbocycles. The van der Waals surface area contributed by atoms with Gasteiger partial charge in [-0.2, -0.15) is 13.2 Å². The number of hydrogen-bond donors (Lipinski definition) is 0. The second-order valence-corrected chi connectivity index (χ2v) is 4.06. The first-order valence-corrected chi connectivity index (χ1v) is 5.81. The zero-order chi connectivity index (χ0) is 14.5. The van der Waals surface area contributed by atoms with E-state index in [1.165, 1.54) is 19.1 Å². The van der Waals surface area contributed by atoms with Crippen molar-refractivity contribution in [2.75, 3.05) is 20.2 Å². The Morgan fingerprint density at radius 1 is 1.26 bits per heavy atom. The van der Waals surface area contributed by atoms with Gasteiger partial charge < -0.3 is 9.64 Å². The van der Waals surface area contributed by atoms with Crippen LogP contribution in [0.3, 0.4) is 0 Å². The molecule has 0 aromatic heterocycles. The predicted molar refractivity (Wildman–Crippen MR) is 64.8 cm³/mol. The molecule has 0 radical (unpaired) electrons. The van der Waals surface area contributed by atoms with E-state index in [0.717, 1.165) is 10.5 Å². The predicted octanol–water partition coefficient (Wildman–Crippen LogP) is 2.86. The van der Waals surface area contributed by atoms with Crippen molar-refractivity contribution in [1.29, 1.82) is 0 Å². The summed E-state index contributed by atoms with van der Waals surface area (Å²) in [7, 11) is 1.54. The highest BCUT2D eigenvalue weighted by Crippen LogP contribution is 2.18. The van der Waals surface area contributed by atoms with Gasteiger partial charge in [-0.3, -0.25) is 4.79 Å². The van der Waals surface area contributed by atoms with Crippen molar-refractivity contribution in [3.8, 4) is 0 Å². The molecule has 0 saturated heterocycles. The molecule has 0 unspecified atom stereocenters. The minimum absolute atomic E-state index is 0.0121. The normalized spacial score (nSPS) is 11.4. The van der Waals surface area contributed by atoms with E-state index in [0.29, 0.717) is 6.61 Å². The van der Waals surface area contributed by atoms with Crippen LogP contribution in [0.15, 0.2) is 24.3 Å². The number of nitrogens with zero attached hydrogens (tertiary/aromatic N) is 1. The van der Waals surface area contributed by atoms with E-state index in [-0.39, 0.29) is 12.1 Å². The second-order valence-electron chi connectivity index (χ2n) is 4.06. The van der Waals surface area contributed by atoms with E-state index in [2.05, 4.69) is 0 Å².